The Kier molecular flexibility index (Phi) is 11.1. The van der Waals surface area contributed by atoms with Crippen LogP contribution in [-0.4, -0.2) is 12.6 Å². The van der Waals surface area contributed by atoms with E-state index in [0.717, 1.165) is 38.5 Å². The summed E-state index contributed by atoms with van der Waals surface area (Å²) in [6.45, 7) is 6.62. The van der Waals surface area contributed by atoms with Gasteiger partial charge < -0.3 is 4.74 Å². The monoisotopic (exact) mass is 281 g/mol. The third kappa shape index (κ3) is 8.19. The van der Waals surface area contributed by atoms with Crippen molar-refractivity contribution in [3.05, 3.63) is 0 Å². The third-order valence-corrected chi connectivity index (χ3v) is 3.85. The topological polar surface area (TPSA) is 50.1 Å². The summed E-state index contributed by atoms with van der Waals surface area (Å²) in [6, 6.07) is 2.01. The summed E-state index contributed by atoms with van der Waals surface area (Å²) in [7, 11) is 0. The molecule has 0 aromatic carbocycles. The van der Waals surface area contributed by atoms with E-state index in [1.165, 1.54) is 19.3 Å². The van der Waals surface area contributed by atoms with E-state index in [1.807, 2.05) is 13.0 Å². The number of unbranched alkanes of at least 4 members (excludes halogenated alkanes) is 5. The van der Waals surface area contributed by atoms with Crippen molar-refractivity contribution in [1.29, 1.82) is 5.26 Å². The fourth-order valence-corrected chi connectivity index (χ4v) is 2.40. The molecule has 0 saturated heterocycles. The molecule has 0 bridgehead atoms. The highest BCUT2D eigenvalue weighted by molar-refractivity contribution is 5.76. The van der Waals surface area contributed by atoms with Gasteiger partial charge in [-0.15, -0.1) is 0 Å². The quantitative estimate of drug-likeness (QED) is 0.373. The Balaban J connectivity index is 4.34. The molecule has 0 heterocycles. The summed E-state index contributed by atoms with van der Waals surface area (Å²) in [5.74, 6) is -0.111. The molecule has 0 amide bonds. The Morgan fingerprint density at radius 2 is 1.60 bits per heavy atom. The molecule has 0 fully saturated rings. The first-order chi connectivity index (χ1) is 9.60. The number of carbonyl (C=O) groups is 1. The van der Waals surface area contributed by atoms with Crippen LogP contribution in [0.5, 0.6) is 0 Å². The van der Waals surface area contributed by atoms with Gasteiger partial charge in [0.2, 0.25) is 0 Å². The number of esters is 1. The van der Waals surface area contributed by atoms with Crippen molar-refractivity contribution in [1.82, 2.24) is 0 Å². The number of nitrogens with zero attached hydrogens (tertiary/aromatic N) is 1. The van der Waals surface area contributed by atoms with Crippen molar-refractivity contribution in [3.63, 3.8) is 0 Å². The molecule has 0 rings (SSSR count). The standard InChI is InChI=1S/C17H31NO2/c1-4-6-8-10-13-17(3,12-9-7-5-2)16(19)20-15-11-14-18/h4-13,15H2,1-3H3. The van der Waals surface area contributed by atoms with Gasteiger partial charge in [0.05, 0.1) is 17.9 Å². The van der Waals surface area contributed by atoms with Crippen molar-refractivity contribution in [2.75, 3.05) is 6.61 Å². The summed E-state index contributed by atoms with van der Waals surface area (Å²) in [5.41, 5.74) is -0.363. The summed E-state index contributed by atoms with van der Waals surface area (Å²) >= 11 is 0. The molecule has 0 aromatic rings. The SMILES string of the molecule is CCCCCCC(C)(CCCCC)C(=O)OCCC#N. The second-order valence-electron chi connectivity index (χ2n) is 5.87. The number of ether oxygens (including phenoxy) is 1. The number of hydrogen-bond acceptors (Lipinski definition) is 3. The Morgan fingerprint density at radius 1 is 1.05 bits per heavy atom. The third-order valence-electron chi connectivity index (χ3n) is 3.85. The first-order valence-corrected chi connectivity index (χ1v) is 8.15. The molecule has 0 aliphatic carbocycles. The van der Waals surface area contributed by atoms with Crippen LogP contribution in [0, 0.1) is 16.7 Å². The molecular formula is C17H31NO2. The van der Waals surface area contributed by atoms with Gasteiger partial charge in [0.1, 0.15) is 6.61 Å². The van der Waals surface area contributed by atoms with Gasteiger partial charge in [-0.1, -0.05) is 58.8 Å². The molecule has 0 spiro atoms. The van der Waals surface area contributed by atoms with E-state index in [1.54, 1.807) is 0 Å². The average Bonchev–Trinajstić information content (AvgIpc) is 2.44. The molecule has 0 N–H and O–H groups in total. The molecule has 1 atom stereocenters. The lowest BCUT2D eigenvalue weighted by Crippen LogP contribution is -2.30. The summed E-state index contributed by atoms with van der Waals surface area (Å²) in [6.07, 6.45) is 10.2. The minimum atomic E-state index is -0.363. The molecule has 20 heavy (non-hydrogen) atoms. The van der Waals surface area contributed by atoms with Gasteiger partial charge in [-0.3, -0.25) is 4.79 Å². The van der Waals surface area contributed by atoms with Crippen molar-refractivity contribution < 1.29 is 9.53 Å². The number of nitriles is 1. The Bertz CT molecular complexity index is 296. The second kappa shape index (κ2) is 11.8. The molecule has 0 radical (unpaired) electrons. The maximum absolute atomic E-state index is 12.3. The normalized spacial score (nSPS) is 13.5. The summed E-state index contributed by atoms with van der Waals surface area (Å²) < 4.78 is 5.27. The van der Waals surface area contributed by atoms with Gasteiger partial charge in [0.15, 0.2) is 0 Å². The zero-order valence-electron chi connectivity index (χ0n) is 13.5. The molecule has 0 aliphatic heterocycles. The summed E-state index contributed by atoms with van der Waals surface area (Å²) in [5, 5.41) is 8.51. The molecule has 0 saturated carbocycles. The molecule has 0 aliphatic rings. The molecule has 3 heteroatoms. The van der Waals surface area contributed by atoms with Crippen LogP contribution in [0.3, 0.4) is 0 Å². The van der Waals surface area contributed by atoms with Crippen LogP contribution < -0.4 is 0 Å². The molecular weight excluding hydrogens is 250 g/mol. The number of carbonyl (C=O) groups excluding carboxylic acids is 1. The predicted molar refractivity (Wildman–Crippen MR) is 82.2 cm³/mol. The Labute approximate surface area is 124 Å². The highest BCUT2D eigenvalue weighted by atomic mass is 16.5. The van der Waals surface area contributed by atoms with E-state index in [4.69, 9.17) is 10.00 Å². The van der Waals surface area contributed by atoms with Crippen LogP contribution in [-0.2, 0) is 9.53 Å². The van der Waals surface area contributed by atoms with Crippen molar-refractivity contribution in [2.45, 2.75) is 85.0 Å². The highest BCUT2D eigenvalue weighted by Crippen LogP contribution is 2.32. The van der Waals surface area contributed by atoms with E-state index in [-0.39, 0.29) is 24.4 Å². The Hall–Kier alpha value is -1.04. The molecule has 116 valence electrons. The van der Waals surface area contributed by atoms with Gasteiger partial charge in [0, 0.05) is 0 Å². The van der Waals surface area contributed by atoms with Crippen LogP contribution in [0.25, 0.3) is 0 Å². The van der Waals surface area contributed by atoms with Crippen LogP contribution in [0.4, 0.5) is 0 Å². The first-order valence-electron chi connectivity index (χ1n) is 8.15. The number of hydrogen-bond donors (Lipinski definition) is 0. The molecule has 3 nitrogen and oxygen atoms in total. The van der Waals surface area contributed by atoms with Crippen molar-refractivity contribution in [3.8, 4) is 6.07 Å². The van der Waals surface area contributed by atoms with Crippen molar-refractivity contribution in [2.24, 2.45) is 5.41 Å². The molecule has 1 unspecified atom stereocenters. The van der Waals surface area contributed by atoms with E-state index in [9.17, 15) is 4.79 Å². The first kappa shape index (κ1) is 19.0. The van der Waals surface area contributed by atoms with Gasteiger partial charge in [-0.2, -0.15) is 5.26 Å². The fourth-order valence-electron chi connectivity index (χ4n) is 2.40. The van der Waals surface area contributed by atoms with Gasteiger partial charge in [0.25, 0.3) is 0 Å². The van der Waals surface area contributed by atoms with E-state index >= 15 is 0 Å². The van der Waals surface area contributed by atoms with Gasteiger partial charge in [-0.05, 0) is 19.8 Å². The summed E-state index contributed by atoms with van der Waals surface area (Å²) in [4.78, 5) is 12.3. The van der Waals surface area contributed by atoms with E-state index < -0.39 is 0 Å². The number of rotatable bonds is 12. The zero-order chi connectivity index (χ0) is 15.3. The average molecular weight is 281 g/mol. The van der Waals surface area contributed by atoms with E-state index in [2.05, 4.69) is 13.8 Å². The largest absolute Gasteiger partial charge is 0.464 e. The maximum Gasteiger partial charge on any atom is 0.311 e. The fraction of sp³-hybridized carbons (Fsp3) is 0.882. The predicted octanol–water partition coefficient (Wildman–Crippen LogP) is 5.00. The zero-order valence-corrected chi connectivity index (χ0v) is 13.5. The van der Waals surface area contributed by atoms with Gasteiger partial charge >= 0.3 is 5.97 Å². The highest BCUT2D eigenvalue weighted by Gasteiger charge is 2.33. The maximum atomic E-state index is 12.3. The van der Waals surface area contributed by atoms with Crippen LogP contribution in [0.15, 0.2) is 0 Å². The minimum Gasteiger partial charge on any atom is -0.464 e. The molecule has 0 aromatic heterocycles. The van der Waals surface area contributed by atoms with Crippen LogP contribution >= 0.6 is 0 Å². The lowest BCUT2D eigenvalue weighted by molar-refractivity contribution is -0.155. The van der Waals surface area contributed by atoms with Gasteiger partial charge in [-0.25, -0.2) is 0 Å². The smallest absolute Gasteiger partial charge is 0.311 e. The lowest BCUT2D eigenvalue weighted by atomic mass is 9.80. The van der Waals surface area contributed by atoms with Crippen LogP contribution in [0.1, 0.15) is 85.0 Å². The lowest BCUT2D eigenvalue weighted by Gasteiger charge is -2.27. The second-order valence-corrected chi connectivity index (χ2v) is 5.87. The van der Waals surface area contributed by atoms with Crippen LogP contribution in [0.2, 0.25) is 0 Å². The van der Waals surface area contributed by atoms with E-state index in [0.29, 0.717) is 0 Å². The Morgan fingerprint density at radius 3 is 2.15 bits per heavy atom. The minimum absolute atomic E-state index is 0.111. The van der Waals surface area contributed by atoms with Crippen molar-refractivity contribution >= 4 is 5.97 Å².